The fourth-order valence-corrected chi connectivity index (χ4v) is 4.61. The fraction of sp³-hybridized carbons (Fsp3) is 0.125. The molecule has 0 saturated carbocycles. The summed E-state index contributed by atoms with van der Waals surface area (Å²) in [6.45, 7) is 2.08. The van der Waals surface area contributed by atoms with Crippen molar-refractivity contribution in [3.8, 4) is 0 Å². The van der Waals surface area contributed by atoms with Gasteiger partial charge in [0.2, 0.25) is 0 Å². The molecule has 2 heterocycles. The van der Waals surface area contributed by atoms with Gasteiger partial charge in [-0.15, -0.1) is 4.40 Å². The smallest absolute Gasteiger partial charge is 0.284 e. The summed E-state index contributed by atoms with van der Waals surface area (Å²) in [5.74, 6) is 0.220. The van der Waals surface area contributed by atoms with Gasteiger partial charge in [0.15, 0.2) is 5.17 Å². The normalized spacial score (nSPS) is 18.5. The Bertz CT molecular complexity index is 949. The van der Waals surface area contributed by atoms with Crippen molar-refractivity contribution in [3.05, 3.63) is 57.8 Å². The van der Waals surface area contributed by atoms with Crippen LogP contribution >= 0.6 is 27.7 Å². The van der Waals surface area contributed by atoms with Gasteiger partial charge in [0.25, 0.3) is 15.9 Å². The van der Waals surface area contributed by atoms with Crippen LogP contribution in [0, 0.1) is 0 Å². The maximum Gasteiger partial charge on any atom is 0.284 e. The number of carbonyl (C=O) groups is 1. The molecule has 1 aliphatic rings. The molecule has 9 heteroatoms. The maximum atomic E-state index is 12.5. The van der Waals surface area contributed by atoms with Crippen LogP contribution in [0.15, 0.2) is 65.7 Å². The average molecular weight is 441 g/mol. The van der Waals surface area contributed by atoms with E-state index in [2.05, 4.69) is 20.3 Å². The third-order valence-corrected chi connectivity index (χ3v) is 6.26. The van der Waals surface area contributed by atoms with Gasteiger partial charge in [-0.3, -0.25) is 9.69 Å². The van der Waals surface area contributed by atoms with Gasteiger partial charge in [0, 0.05) is 17.1 Å². The number of amidine groups is 1. The molecule has 1 aromatic heterocycles. The van der Waals surface area contributed by atoms with Gasteiger partial charge in [0.05, 0.1) is 16.1 Å². The Balaban J connectivity index is 1.96. The first-order chi connectivity index (χ1) is 11.9. The molecule has 0 radical (unpaired) electrons. The summed E-state index contributed by atoms with van der Waals surface area (Å²) in [7, 11) is -3.91. The summed E-state index contributed by atoms with van der Waals surface area (Å²) < 4.78 is 34.8. The predicted molar refractivity (Wildman–Crippen MR) is 100 cm³/mol. The number of sulfonamides is 1. The summed E-state index contributed by atoms with van der Waals surface area (Å²) in [4.78, 5) is 14.2. The summed E-state index contributed by atoms with van der Waals surface area (Å²) in [6.07, 6.45) is 3.07. The second-order valence-corrected chi connectivity index (χ2v) is 8.51. The number of hydrogen-bond donors (Lipinski definition) is 0. The average Bonchev–Trinajstić information content (AvgIpc) is 3.17. The first-order valence-electron chi connectivity index (χ1n) is 7.26. The van der Waals surface area contributed by atoms with E-state index < -0.39 is 10.0 Å². The van der Waals surface area contributed by atoms with E-state index in [1.54, 1.807) is 37.3 Å². The van der Waals surface area contributed by atoms with Crippen LogP contribution in [0.5, 0.6) is 0 Å². The van der Waals surface area contributed by atoms with Gasteiger partial charge in [-0.05, 0) is 55.1 Å². The Kier molecular flexibility index (Phi) is 5.16. The highest BCUT2D eigenvalue weighted by molar-refractivity contribution is 9.10. The third kappa shape index (κ3) is 3.88. The molecule has 6 nitrogen and oxygen atoms in total. The van der Waals surface area contributed by atoms with Crippen molar-refractivity contribution >= 4 is 54.9 Å². The lowest BCUT2D eigenvalue weighted by Crippen LogP contribution is -2.29. The number of thioether (sulfide) groups is 1. The summed E-state index contributed by atoms with van der Waals surface area (Å²) in [5.41, 5.74) is 0. The number of carbonyl (C=O) groups excluding carboxylic acids is 1. The fourth-order valence-electron chi connectivity index (χ4n) is 2.12. The molecule has 2 aromatic rings. The molecule has 0 aliphatic carbocycles. The Hall–Kier alpha value is -1.84. The minimum Gasteiger partial charge on any atom is -0.465 e. The molecule has 25 heavy (non-hydrogen) atoms. The van der Waals surface area contributed by atoms with Gasteiger partial charge in [0.1, 0.15) is 5.76 Å². The van der Waals surface area contributed by atoms with Crippen LogP contribution in [0.4, 0.5) is 0 Å². The molecule has 1 saturated heterocycles. The molecule has 1 fully saturated rings. The number of furan rings is 1. The Labute approximate surface area is 157 Å². The first kappa shape index (κ1) is 18.0. The van der Waals surface area contributed by atoms with Crippen LogP contribution in [-0.4, -0.2) is 30.9 Å². The molecular weight excluding hydrogens is 428 g/mol. The number of benzene rings is 1. The Morgan fingerprint density at radius 1 is 1.28 bits per heavy atom. The van der Waals surface area contributed by atoms with Gasteiger partial charge in [-0.25, -0.2) is 0 Å². The summed E-state index contributed by atoms with van der Waals surface area (Å²) >= 11 is 4.27. The van der Waals surface area contributed by atoms with Crippen LogP contribution in [0.3, 0.4) is 0 Å². The quantitative estimate of drug-likeness (QED) is 0.676. The van der Waals surface area contributed by atoms with Crippen LogP contribution in [0.2, 0.25) is 0 Å². The number of likely N-dealkylation sites (N-methyl/N-ethyl adjacent to an activating group) is 1. The van der Waals surface area contributed by atoms with Crippen LogP contribution in [-0.2, 0) is 14.8 Å². The van der Waals surface area contributed by atoms with E-state index in [1.807, 2.05) is 0 Å². The van der Waals surface area contributed by atoms with E-state index in [9.17, 15) is 13.2 Å². The third-order valence-electron chi connectivity index (χ3n) is 3.33. The number of hydrogen-bond acceptors (Lipinski definition) is 5. The van der Waals surface area contributed by atoms with E-state index in [4.69, 9.17) is 4.42 Å². The van der Waals surface area contributed by atoms with Crippen molar-refractivity contribution in [2.24, 2.45) is 4.40 Å². The molecular formula is C16H13BrN2O4S2. The molecule has 3 rings (SSSR count). The summed E-state index contributed by atoms with van der Waals surface area (Å²) in [5, 5.41) is 0.133. The molecule has 130 valence electrons. The van der Waals surface area contributed by atoms with E-state index in [0.717, 1.165) is 16.2 Å². The monoisotopic (exact) mass is 440 g/mol. The standard InChI is InChI=1S/C16H13BrN2O4S2/c1-2-19-15(20)14(10-12-4-3-9-23-12)24-16(19)18-25(21,22)13-7-5-11(17)6-8-13/h3-10H,2H2,1H3. The molecule has 1 aliphatic heterocycles. The van der Waals surface area contributed by atoms with E-state index in [1.165, 1.54) is 23.3 Å². The molecule has 0 atom stereocenters. The predicted octanol–water partition coefficient (Wildman–Crippen LogP) is 3.72. The molecule has 1 amide bonds. The van der Waals surface area contributed by atoms with Gasteiger partial charge < -0.3 is 4.42 Å². The van der Waals surface area contributed by atoms with Crippen molar-refractivity contribution in [1.82, 2.24) is 4.90 Å². The number of rotatable bonds is 4. The second kappa shape index (κ2) is 7.19. The van der Waals surface area contributed by atoms with Crippen molar-refractivity contribution in [2.45, 2.75) is 11.8 Å². The van der Waals surface area contributed by atoms with Crippen molar-refractivity contribution in [1.29, 1.82) is 0 Å². The lowest BCUT2D eigenvalue weighted by Gasteiger charge is -2.11. The number of halogens is 1. The minimum absolute atomic E-state index is 0.0655. The SMILES string of the molecule is CCN1C(=O)C(=Cc2ccco2)SC1=NS(=O)(=O)c1ccc(Br)cc1. The Morgan fingerprint density at radius 2 is 2.00 bits per heavy atom. The molecule has 0 unspecified atom stereocenters. The van der Waals surface area contributed by atoms with Crippen molar-refractivity contribution in [3.63, 3.8) is 0 Å². The van der Waals surface area contributed by atoms with E-state index >= 15 is 0 Å². The van der Waals surface area contributed by atoms with Crippen molar-refractivity contribution in [2.75, 3.05) is 6.54 Å². The van der Waals surface area contributed by atoms with Crippen LogP contribution in [0.25, 0.3) is 6.08 Å². The van der Waals surface area contributed by atoms with E-state index in [0.29, 0.717) is 17.2 Å². The zero-order valence-corrected chi connectivity index (χ0v) is 16.3. The first-order valence-corrected chi connectivity index (χ1v) is 10.3. The van der Waals surface area contributed by atoms with Gasteiger partial charge in [-0.2, -0.15) is 8.42 Å². The lowest BCUT2D eigenvalue weighted by atomic mass is 10.3. The van der Waals surface area contributed by atoms with Gasteiger partial charge >= 0.3 is 0 Å². The number of nitrogens with zero attached hydrogens (tertiary/aromatic N) is 2. The van der Waals surface area contributed by atoms with E-state index in [-0.39, 0.29) is 16.0 Å². The second-order valence-electron chi connectivity index (χ2n) is 4.98. The summed E-state index contributed by atoms with van der Waals surface area (Å²) in [6, 6.07) is 9.59. The highest BCUT2D eigenvalue weighted by Crippen LogP contribution is 2.33. The zero-order chi connectivity index (χ0) is 18.0. The highest BCUT2D eigenvalue weighted by Gasteiger charge is 2.34. The minimum atomic E-state index is -3.91. The zero-order valence-electron chi connectivity index (χ0n) is 13.0. The highest BCUT2D eigenvalue weighted by atomic mass is 79.9. The van der Waals surface area contributed by atoms with Crippen LogP contribution in [0.1, 0.15) is 12.7 Å². The molecule has 0 N–H and O–H groups in total. The van der Waals surface area contributed by atoms with Crippen LogP contribution < -0.4 is 0 Å². The number of amides is 1. The lowest BCUT2D eigenvalue weighted by molar-refractivity contribution is -0.122. The maximum absolute atomic E-state index is 12.5. The van der Waals surface area contributed by atoms with Crippen molar-refractivity contribution < 1.29 is 17.6 Å². The Morgan fingerprint density at radius 3 is 2.60 bits per heavy atom. The topological polar surface area (TPSA) is 80.0 Å². The molecule has 1 aromatic carbocycles. The van der Waals surface area contributed by atoms with Gasteiger partial charge in [-0.1, -0.05) is 15.9 Å². The largest absolute Gasteiger partial charge is 0.465 e. The molecule has 0 spiro atoms. The molecule has 0 bridgehead atoms.